The zero-order valence-corrected chi connectivity index (χ0v) is 11.4. The molecule has 0 aliphatic heterocycles. The first-order chi connectivity index (χ1) is 8.24. The number of hydrogen-bond donors (Lipinski definition) is 1. The molecule has 0 radical (unpaired) electrons. The Balaban J connectivity index is 1.39. The molecule has 4 aliphatic carbocycles. The number of fused-ring (bicyclic) bond motifs is 5. The summed E-state index contributed by atoms with van der Waals surface area (Å²) in [5.41, 5.74) is 0. The molecule has 1 N–H and O–H groups in total. The molecule has 1 nitrogen and oxygen atoms in total. The van der Waals surface area contributed by atoms with Crippen LogP contribution in [-0.2, 0) is 0 Å². The molecule has 0 aromatic carbocycles. The molecule has 4 saturated carbocycles. The molecule has 1 heteroatoms. The molecular weight excluding hydrogens is 206 g/mol. The topological polar surface area (TPSA) is 12.0 Å². The van der Waals surface area contributed by atoms with Crippen LogP contribution in [0.1, 0.15) is 52.4 Å². The molecule has 0 aromatic heterocycles. The third-order valence-corrected chi connectivity index (χ3v) is 6.60. The Hall–Kier alpha value is -0.0400. The molecule has 4 fully saturated rings. The highest BCUT2D eigenvalue weighted by Gasteiger charge is 2.65. The van der Waals surface area contributed by atoms with Crippen molar-refractivity contribution in [2.75, 3.05) is 0 Å². The van der Waals surface area contributed by atoms with Gasteiger partial charge in [0.1, 0.15) is 0 Å². The first-order valence-electron chi connectivity index (χ1n) is 8.00. The lowest BCUT2D eigenvalue weighted by atomic mass is 9.80. The van der Waals surface area contributed by atoms with E-state index in [1.165, 1.54) is 19.3 Å². The molecule has 4 rings (SSSR count). The molecule has 7 atom stereocenters. The van der Waals surface area contributed by atoms with Gasteiger partial charge in [-0.05, 0) is 67.6 Å². The van der Waals surface area contributed by atoms with Gasteiger partial charge < -0.3 is 5.32 Å². The summed E-state index contributed by atoms with van der Waals surface area (Å²) in [4.78, 5) is 0. The molecule has 0 saturated heterocycles. The van der Waals surface area contributed by atoms with E-state index in [0.29, 0.717) is 0 Å². The second-order valence-electron chi connectivity index (χ2n) is 7.68. The maximum absolute atomic E-state index is 4.08. The summed E-state index contributed by atoms with van der Waals surface area (Å²) >= 11 is 0. The van der Waals surface area contributed by atoms with Crippen LogP contribution in [0.5, 0.6) is 0 Å². The minimum Gasteiger partial charge on any atom is -0.310 e. The Morgan fingerprint density at radius 2 is 1.53 bits per heavy atom. The zero-order valence-electron chi connectivity index (χ0n) is 11.4. The highest BCUT2D eigenvalue weighted by Crippen LogP contribution is 2.65. The van der Waals surface area contributed by atoms with Crippen molar-refractivity contribution in [3.05, 3.63) is 0 Å². The average Bonchev–Trinajstić information content (AvgIpc) is 2.72. The summed E-state index contributed by atoms with van der Waals surface area (Å²) in [6.45, 7) is 4.91. The molecule has 17 heavy (non-hydrogen) atoms. The van der Waals surface area contributed by atoms with Crippen molar-refractivity contribution in [3.8, 4) is 0 Å². The summed E-state index contributed by atoms with van der Waals surface area (Å²) in [6, 6.07) is 1.78. The van der Waals surface area contributed by atoms with E-state index in [1.54, 1.807) is 19.3 Å². The maximum atomic E-state index is 4.08. The second kappa shape index (κ2) is 3.73. The van der Waals surface area contributed by atoms with E-state index < -0.39 is 0 Å². The van der Waals surface area contributed by atoms with Gasteiger partial charge in [0.05, 0.1) is 0 Å². The van der Waals surface area contributed by atoms with Gasteiger partial charge in [-0.2, -0.15) is 0 Å². The fourth-order valence-electron chi connectivity index (χ4n) is 5.56. The lowest BCUT2D eigenvalue weighted by Crippen LogP contribution is -2.42. The van der Waals surface area contributed by atoms with Crippen LogP contribution in [0.15, 0.2) is 0 Å². The number of nitrogens with one attached hydrogen (secondary N) is 1. The summed E-state index contributed by atoms with van der Waals surface area (Å²) in [6.07, 6.45) is 9.05. The van der Waals surface area contributed by atoms with Crippen LogP contribution >= 0.6 is 0 Å². The van der Waals surface area contributed by atoms with Crippen LogP contribution in [0.25, 0.3) is 0 Å². The average molecular weight is 233 g/mol. The van der Waals surface area contributed by atoms with Gasteiger partial charge in [-0.15, -0.1) is 0 Å². The van der Waals surface area contributed by atoms with Crippen molar-refractivity contribution in [2.24, 2.45) is 35.5 Å². The monoisotopic (exact) mass is 233 g/mol. The highest BCUT2D eigenvalue weighted by atomic mass is 15.1. The van der Waals surface area contributed by atoms with Crippen molar-refractivity contribution < 1.29 is 0 Å². The Bertz CT molecular complexity index is 297. The fourth-order valence-corrected chi connectivity index (χ4v) is 5.56. The number of rotatable bonds is 2. The van der Waals surface area contributed by atoms with E-state index in [1.807, 2.05) is 0 Å². The second-order valence-corrected chi connectivity index (χ2v) is 7.68. The van der Waals surface area contributed by atoms with Crippen molar-refractivity contribution >= 4 is 0 Å². The third kappa shape index (κ3) is 1.61. The lowest BCUT2D eigenvalue weighted by Gasteiger charge is -2.34. The van der Waals surface area contributed by atoms with Gasteiger partial charge in [0.2, 0.25) is 0 Å². The van der Waals surface area contributed by atoms with Gasteiger partial charge in [0.25, 0.3) is 0 Å². The molecule has 0 spiro atoms. The molecule has 0 aromatic rings. The van der Waals surface area contributed by atoms with E-state index in [-0.39, 0.29) is 0 Å². The van der Waals surface area contributed by atoms with Gasteiger partial charge in [0, 0.05) is 12.1 Å². The molecule has 0 heterocycles. The summed E-state index contributed by atoms with van der Waals surface area (Å²) < 4.78 is 0. The van der Waals surface area contributed by atoms with Crippen LogP contribution in [0, 0.1) is 35.5 Å². The Kier molecular flexibility index (Phi) is 2.38. The van der Waals surface area contributed by atoms with Crippen molar-refractivity contribution in [1.29, 1.82) is 0 Å². The van der Waals surface area contributed by atoms with E-state index in [0.717, 1.165) is 47.6 Å². The first kappa shape index (κ1) is 10.8. The Labute approximate surface area is 106 Å². The largest absolute Gasteiger partial charge is 0.310 e. The maximum Gasteiger partial charge on any atom is 0.0138 e. The van der Waals surface area contributed by atoms with Crippen molar-refractivity contribution in [1.82, 2.24) is 5.32 Å². The molecule has 96 valence electrons. The summed E-state index contributed by atoms with van der Waals surface area (Å²) in [5, 5.41) is 4.08. The zero-order chi connectivity index (χ0) is 11.6. The van der Waals surface area contributed by atoms with E-state index in [2.05, 4.69) is 19.2 Å². The third-order valence-electron chi connectivity index (χ3n) is 6.60. The van der Waals surface area contributed by atoms with Gasteiger partial charge in [-0.25, -0.2) is 0 Å². The normalized spacial score (nSPS) is 60.4. The summed E-state index contributed by atoms with van der Waals surface area (Å²) in [5.74, 6) is 6.35. The predicted molar refractivity (Wildman–Crippen MR) is 70.7 cm³/mol. The molecule has 0 amide bonds. The highest BCUT2D eigenvalue weighted by molar-refractivity contribution is 5.17. The number of hydrogen-bond acceptors (Lipinski definition) is 1. The van der Waals surface area contributed by atoms with Crippen LogP contribution in [-0.4, -0.2) is 12.1 Å². The van der Waals surface area contributed by atoms with Crippen LogP contribution in [0.4, 0.5) is 0 Å². The Morgan fingerprint density at radius 1 is 0.824 bits per heavy atom. The SMILES string of the molecule is CC1CCC(C)C(NC2C3C4CCC(C4)C23)C1. The smallest absolute Gasteiger partial charge is 0.0138 e. The van der Waals surface area contributed by atoms with Crippen LogP contribution in [0.3, 0.4) is 0 Å². The minimum atomic E-state index is 0.841. The first-order valence-corrected chi connectivity index (χ1v) is 8.00. The predicted octanol–water partition coefficient (Wildman–Crippen LogP) is 3.45. The van der Waals surface area contributed by atoms with Crippen molar-refractivity contribution in [2.45, 2.75) is 64.5 Å². The van der Waals surface area contributed by atoms with Gasteiger partial charge >= 0.3 is 0 Å². The quantitative estimate of drug-likeness (QED) is 0.770. The van der Waals surface area contributed by atoms with Gasteiger partial charge in [0.15, 0.2) is 0 Å². The Morgan fingerprint density at radius 3 is 2.24 bits per heavy atom. The molecule has 7 unspecified atom stereocenters. The van der Waals surface area contributed by atoms with Crippen molar-refractivity contribution in [3.63, 3.8) is 0 Å². The van der Waals surface area contributed by atoms with Crippen LogP contribution in [0.2, 0.25) is 0 Å². The van der Waals surface area contributed by atoms with Gasteiger partial charge in [-0.3, -0.25) is 0 Å². The lowest BCUT2D eigenvalue weighted by molar-refractivity contribution is 0.218. The van der Waals surface area contributed by atoms with E-state index >= 15 is 0 Å². The summed E-state index contributed by atoms with van der Waals surface area (Å²) in [7, 11) is 0. The minimum absolute atomic E-state index is 0.841. The molecular formula is C16H27N. The van der Waals surface area contributed by atoms with Crippen LogP contribution < -0.4 is 5.32 Å². The van der Waals surface area contributed by atoms with Gasteiger partial charge in [-0.1, -0.05) is 20.3 Å². The molecule has 4 aliphatic rings. The van der Waals surface area contributed by atoms with E-state index in [9.17, 15) is 0 Å². The molecule has 2 bridgehead atoms. The van der Waals surface area contributed by atoms with E-state index in [4.69, 9.17) is 0 Å². The fraction of sp³-hybridized carbons (Fsp3) is 1.00. The standard InChI is InChI=1S/C16H27N/c1-9-3-4-10(2)13(7-9)17-16-14-11-5-6-12(8-11)15(14)16/h9-17H,3-8H2,1-2H3.